The summed E-state index contributed by atoms with van der Waals surface area (Å²) < 4.78 is 25.3. The lowest BCUT2D eigenvalue weighted by Gasteiger charge is -2.32. The highest BCUT2D eigenvalue weighted by Crippen LogP contribution is 2.30. The van der Waals surface area contributed by atoms with Crippen LogP contribution in [0.3, 0.4) is 0 Å². The molecule has 0 bridgehead atoms. The van der Waals surface area contributed by atoms with Gasteiger partial charge in [0.2, 0.25) is 5.91 Å². The lowest BCUT2D eigenvalue weighted by Crippen LogP contribution is -3.14. The van der Waals surface area contributed by atoms with E-state index in [0.29, 0.717) is 17.4 Å². The van der Waals surface area contributed by atoms with E-state index in [1.54, 1.807) is 4.90 Å². The number of nitrogens with one attached hydrogen (secondary N) is 1. The van der Waals surface area contributed by atoms with Crippen LogP contribution >= 0.6 is 11.8 Å². The highest BCUT2D eigenvalue weighted by molar-refractivity contribution is 8.00. The van der Waals surface area contributed by atoms with Gasteiger partial charge in [0.25, 0.3) is 0 Å². The molecule has 3 heterocycles. The average Bonchev–Trinajstić information content (AvgIpc) is 3.16. The van der Waals surface area contributed by atoms with Gasteiger partial charge in [0, 0.05) is 13.0 Å². The van der Waals surface area contributed by atoms with Crippen LogP contribution in [0.25, 0.3) is 0 Å². The molecular formula is C16H28N5O3S2+. The van der Waals surface area contributed by atoms with Gasteiger partial charge in [0.1, 0.15) is 5.82 Å². The van der Waals surface area contributed by atoms with Gasteiger partial charge < -0.3 is 14.4 Å². The minimum absolute atomic E-state index is 0.0945. The van der Waals surface area contributed by atoms with Gasteiger partial charge in [0.05, 0.1) is 49.5 Å². The molecule has 10 heteroatoms. The van der Waals surface area contributed by atoms with E-state index < -0.39 is 9.84 Å². The zero-order valence-corrected chi connectivity index (χ0v) is 17.3. The molecule has 1 aromatic heterocycles. The number of quaternary nitrogens is 1. The molecule has 3 rings (SSSR count). The second-order valence-electron chi connectivity index (χ2n) is 7.19. The molecule has 1 amide bonds. The van der Waals surface area contributed by atoms with E-state index in [1.165, 1.54) is 11.8 Å². The van der Waals surface area contributed by atoms with Crippen molar-refractivity contribution in [3.63, 3.8) is 0 Å². The maximum absolute atomic E-state index is 12.7. The Bertz CT molecular complexity index is 756. The third-order valence-electron chi connectivity index (χ3n) is 5.38. The van der Waals surface area contributed by atoms with Gasteiger partial charge in [-0.3, -0.25) is 4.79 Å². The number of aromatic nitrogens is 3. The molecule has 0 aromatic carbocycles. The number of thioether (sulfide) groups is 1. The largest absolute Gasteiger partial charge is 0.332 e. The number of rotatable bonds is 5. The minimum Gasteiger partial charge on any atom is -0.332 e. The summed E-state index contributed by atoms with van der Waals surface area (Å²) in [6.45, 7) is 8.79. The van der Waals surface area contributed by atoms with Crippen molar-refractivity contribution in [2.45, 2.75) is 36.6 Å². The van der Waals surface area contributed by atoms with Crippen LogP contribution in [0, 0.1) is 0 Å². The SMILES string of the molecule is CC[NH+]1CCN(C(=O)[C@@H](C)Sc2nnc([C@H]3CCS(=O)(=O)C3)n2C)CC1. The first kappa shape index (κ1) is 19.6. The van der Waals surface area contributed by atoms with Gasteiger partial charge >= 0.3 is 0 Å². The summed E-state index contributed by atoms with van der Waals surface area (Å²) in [5.41, 5.74) is 0. The van der Waals surface area contributed by atoms with Gasteiger partial charge in [-0.05, 0) is 20.3 Å². The molecule has 2 aliphatic rings. The Kier molecular flexibility index (Phi) is 5.93. The van der Waals surface area contributed by atoms with Crippen molar-refractivity contribution in [3.05, 3.63) is 5.82 Å². The number of carbonyl (C=O) groups is 1. The van der Waals surface area contributed by atoms with Crippen LogP contribution in [-0.4, -0.2) is 83.5 Å². The highest BCUT2D eigenvalue weighted by Gasteiger charge is 2.33. The number of nitrogens with zero attached hydrogens (tertiary/aromatic N) is 4. The van der Waals surface area contributed by atoms with Crippen molar-refractivity contribution in [1.82, 2.24) is 19.7 Å². The summed E-state index contributed by atoms with van der Waals surface area (Å²) in [4.78, 5) is 16.2. The van der Waals surface area contributed by atoms with Crippen LogP contribution in [0.4, 0.5) is 0 Å². The van der Waals surface area contributed by atoms with Crippen molar-refractivity contribution in [2.75, 3.05) is 44.2 Å². The molecule has 0 saturated carbocycles. The van der Waals surface area contributed by atoms with Crippen LogP contribution in [0.2, 0.25) is 0 Å². The maximum Gasteiger partial charge on any atom is 0.236 e. The fraction of sp³-hybridized carbons (Fsp3) is 0.812. The third-order valence-corrected chi connectivity index (χ3v) is 8.27. The Hall–Kier alpha value is -1.13. The highest BCUT2D eigenvalue weighted by atomic mass is 32.2. The molecule has 0 spiro atoms. The molecule has 26 heavy (non-hydrogen) atoms. The Balaban J connectivity index is 1.61. The van der Waals surface area contributed by atoms with Crippen molar-refractivity contribution in [3.8, 4) is 0 Å². The fourth-order valence-electron chi connectivity index (χ4n) is 3.65. The van der Waals surface area contributed by atoms with Crippen molar-refractivity contribution < 1.29 is 18.1 Å². The fourth-order valence-corrected chi connectivity index (χ4v) is 6.29. The summed E-state index contributed by atoms with van der Waals surface area (Å²) in [6, 6.07) is 0. The molecule has 1 aromatic rings. The lowest BCUT2D eigenvalue weighted by molar-refractivity contribution is -0.902. The Morgan fingerprint density at radius 2 is 2.04 bits per heavy atom. The van der Waals surface area contributed by atoms with Crippen LogP contribution in [0.15, 0.2) is 5.16 Å². The van der Waals surface area contributed by atoms with Crippen molar-refractivity contribution in [2.24, 2.45) is 7.05 Å². The first-order valence-electron chi connectivity index (χ1n) is 9.19. The molecular weight excluding hydrogens is 374 g/mol. The lowest BCUT2D eigenvalue weighted by atomic mass is 10.1. The molecule has 0 radical (unpaired) electrons. The van der Waals surface area contributed by atoms with Crippen LogP contribution in [-0.2, 0) is 21.7 Å². The predicted molar refractivity (Wildman–Crippen MR) is 100 cm³/mol. The third kappa shape index (κ3) is 4.23. The van der Waals surface area contributed by atoms with Crippen LogP contribution < -0.4 is 4.90 Å². The van der Waals surface area contributed by atoms with Gasteiger partial charge in [0.15, 0.2) is 15.0 Å². The smallest absolute Gasteiger partial charge is 0.236 e. The van der Waals surface area contributed by atoms with E-state index in [2.05, 4.69) is 17.1 Å². The normalized spacial score (nSPS) is 24.7. The quantitative estimate of drug-likeness (QED) is 0.632. The van der Waals surface area contributed by atoms with E-state index in [4.69, 9.17) is 0 Å². The maximum atomic E-state index is 12.7. The molecule has 2 fully saturated rings. The average molecular weight is 403 g/mol. The number of sulfone groups is 1. The van der Waals surface area contributed by atoms with Gasteiger partial charge in [-0.1, -0.05) is 11.8 Å². The molecule has 146 valence electrons. The van der Waals surface area contributed by atoms with Crippen LogP contribution in [0.1, 0.15) is 32.0 Å². The van der Waals surface area contributed by atoms with Crippen molar-refractivity contribution >= 4 is 27.5 Å². The van der Waals surface area contributed by atoms with E-state index in [0.717, 1.165) is 32.7 Å². The minimum atomic E-state index is -2.96. The summed E-state index contributed by atoms with van der Waals surface area (Å²) >= 11 is 1.40. The molecule has 8 nitrogen and oxygen atoms in total. The number of carbonyl (C=O) groups excluding carboxylic acids is 1. The van der Waals surface area contributed by atoms with E-state index in [9.17, 15) is 13.2 Å². The van der Waals surface area contributed by atoms with E-state index in [-0.39, 0.29) is 28.6 Å². The number of hydrogen-bond donors (Lipinski definition) is 1. The van der Waals surface area contributed by atoms with Gasteiger partial charge in [-0.2, -0.15) is 0 Å². The van der Waals surface area contributed by atoms with E-state index in [1.807, 2.05) is 23.4 Å². The molecule has 2 atom stereocenters. The zero-order valence-electron chi connectivity index (χ0n) is 15.6. The first-order valence-corrected chi connectivity index (χ1v) is 11.9. The molecule has 2 aliphatic heterocycles. The monoisotopic (exact) mass is 402 g/mol. The van der Waals surface area contributed by atoms with Gasteiger partial charge in [-0.25, -0.2) is 8.42 Å². The Labute approximate surface area is 159 Å². The molecule has 1 N–H and O–H groups in total. The Morgan fingerprint density at radius 1 is 1.35 bits per heavy atom. The van der Waals surface area contributed by atoms with Gasteiger partial charge in [-0.15, -0.1) is 10.2 Å². The number of piperazine rings is 1. The topological polar surface area (TPSA) is 89.6 Å². The first-order chi connectivity index (χ1) is 12.3. The van der Waals surface area contributed by atoms with E-state index >= 15 is 0 Å². The zero-order chi connectivity index (χ0) is 18.9. The second kappa shape index (κ2) is 7.85. The number of hydrogen-bond acceptors (Lipinski definition) is 6. The van der Waals surface area contributed by atoms with Crippen LogP contribution in [0.5, 0.6) is 0 Å². The number of likely N-dealkylation sites (N-methyl/N-ethyl adjacent to an activating group) is 1. The number of amides is 1. The predicted octanol–water partition coefficient (Wildman–Crippen LogP) is -1.06. The summed E-state index contributed by atoms with van der Waals surface area (Å²) in [7, 11) is -1.11. The molecule has 2 saturated heterocycles. The Morgan fingerprint density at radius 3 is 2.62 bits per heavy atom. The molecule has 0 unspecified atom stereocenters. The molecule has 0 aliphatic carbocycles. The summed E-state index contributed by atoms with van der Waals surface area (Å²) in [5, 5.41) is 8.85. The standard InChI is InChI=1S/C16H27N5O3S2/c1-4-20-6-8-21(9-7-20)15(22)12(2)25-16-18-17-14(19(16)3)13-5-10-26(23,24)11-13/h12-13H,4-11H2,1-3H3/p+1/t12-,13+/m1/s1. The summed E-state index contributed by atoms with van der Waals surface area (Å²) in [5.74, 6) is 1.10. The second-order valence-corrected chi connectivity index (χ2v) is 10.7. The summed E-state index contributed by atoms with van der Waals surface area (Å²) in [6.07, 6.45) is 0.595. The van der Waals surface area contributed by atoms with Crippen molar-refractivity contribution in [1.29, 1.82) is 0 Å².